The summed E-state index contributed by atoms with van der Waals surface area (Å²) in [5.41, 5.74) is 2.11. The van der Waals surface area contributed by atoms with Gasteiger partial charge in [-0.1, -0.05) is 51.5 Å². The topological polar surface area (TPSA) is 12.0 Å². The van der Waals surface area contributed by atoms with Gasteiger partial charge in [0.25, 0.3) is 0 Å². The lowest BCUT2D eigenvalue weighted by atomic mass is 9.96. The second-order valence-corrected chi connectivity index (χ2v) is 3.73. The van der Waals surface area contributed by atoms with Gasteiger partial charge in [-0.2, -0.15) is 0 Å². The van der Waals surface area contributed by atoms with Crippen LogP contribution < -0.4 is 5.32 Å². The van der Waals surface area contributed by atoms with Crippen molar-refractivity contribution < 1.29 is 0 Å². The molecule has 0 heterocycles. The third-order valence-electron chi connectivity index (χ3n) is 2.44. The monoisotopic (exact) mass is 193 g/mol. The van der Waals surface area contributed by atoms with Crippen LogP contribution >= 0.6 is 0 Å². The maximum Gasteiger partial charge on any atom is 0.0264 e. The number of rotatable bonds is 7. The van der Waals surface area contributed by atoms with Crippen LogP contribution in [0.15, 0.2) is 36.6 Å². The fourth-order valence-corrected chi connectivity index (χ4v) is 1.15. The lowest BCUT2D eigenvalue weighted by molar-refractivity contribution is 0.582. The van der Waals surface area contributed by atoms with Gasteiger partial charge in [0.1, 0.15) is 0 Å². The summed E-state index contributed by atoms with van der Waals surface area (Å²) in [6, 6.07) is 0. The molecule has 0 aromatic rings. The molecule has 0 radical (unpaired) electrons. The zero-order valence-corrected chi connectivity index (χ0v) is 9.77. The van der Waals surface area contributed by atoms with Crippen LogP contribution in [-0.2, 0) is 0 Å². The van der Waals surface area contributed by atoms with Crippen molar-refractivity contribution >= 4 is 0 Å². The molecule has 0 spiro atoms. The van der Waals surface area contributed by atoms with E-state index in [1.165, 1.54) is 24.8 Å². The summed E-state index contributed by atoms with van der Waals surface area (Å²) in [6.45, 7) is 12.3. The number of hydrogen-bond acceptors (Lipinski definition) is 1. The van der Waals surface area contributed by atoms with E-state index in [4.69, 9.17) is 0 Å². The molecule has 0 amide bonds. The van der Waals surface area contributed by atoms with Gasteiger partial charge in [0.05, 0.1) is 0 Å². The molecule has 0 aromatic carbocycles. The fraction of sp³-hybridized carbons (Fsp3) is 0.538. The average molecular weight is 193 g/mol. The van der Waals surface area contributed by atoms with Crippen LogP contribution in [0.25, 0.3) is 0 Å². The predicted octanol–water partition coefficient (Wildman–Crippen LogP) is 3.66. The van der Waals surface area contributed by atoms with Gasteiger partial charge in [-0.3, -0.25) is 0 Å². The first-order valence-electron chi connectivity index (χ1n) is 5.35. The largest absolute Gasteiger partial charge is 0.389 e. The molecule has 1 nitrogen and oxygen atoms in total. The Labute approximate surface area is 88.6 Å². The summed E-state index contributed by atoms with van der Waals surface area (Å²) in [4.78, 5) is 0. The average Bonchev–Trinajstić information content (AvgIpc) is 2.21. The van der Waals surface area contributed by atoms with Gasteiger partial charge in [0.15, 0.2) is 0 Å². The highest BCUT2D eigenvalue weighted by molar-refractivity contribution is 5.24. The molecule has 0 saturated carbocycles. The number of allylic oxidation sites excluding steroid dienone is 3. The normalized spacial score (nSPS) is 12.8. The highest BCUT2D eigenvalue weighted by Crippen LogP contribution is 2.17. The van der Waals surface area contributed by atoms with Crippen molar-refractivity contribution in [3.05, 3.63) is 36.6 Å². The standard InChI is InChI=1S/C13H23N/c1-6-7-8-11(2)12(3)9-10-13(4)14-5/h9-11,14H,3-4,6-8H2,1-2,5H3/b10-9-. The maximum absolute atomic E-state index is 4.06. The van der Waals surface area contributed by atoms with E-state index < -0.39 is 0 Å². The number of hydrogen-bond donors (Lipinski definition) is 1. The first kappa shape index (κ1) is 13.0. The molecule has 1 N–H and O–H groups in total. The Morgan fingerprint density at radius 2 is 2.00 bits per heavy atom. The molecule has 0 aliphatic heterocycles. The first-order valence-corrected chi connectivity index (χ1v) is 5.35. The van der Waals surface area contributed by atoms with E-state index in [9.17, 15) is 0 Å². The Balaban J connectivity index is 3.94. The first-order chi connectivity index (χ1) is 6.61. The molecule has 1 heteroatoms. The Morgan fingerprint density at radius 3 is 2.50 bits per heavy atom. The number of likely N-dealkylation sites (N-methyl/N-ethyl adjacent to an activating group) is 1. The zero-order valence-electron chi connectivity index (χ0n) is 9.77. The van der Waals surface area contributed by atoms with Crippen molar-refractivity contribution in [3.8, 4) is 0 Å². The van der Waals surface area contributed by atoms with Crippen LogP contribution in [0.5, 0.6) is 0 Å². The smallest absolute Gasteiger partial charge is 0.0264 e. The lowest BCUT2D eigenvalue weighted by Gasteiger charge is -2.10. The third-order valence-corrected chi connectivity index (χ3v) is 2.44. The molecule has 14 heavy (non-hydrogen) atoms. The van der Waals surface area contributed by atoms with E-state index in [2.05, 4.69) is 38.4 Å². The Bertz CT molecular complexity index is 213. The Morgan fingerprint density at radius 1 is 1.36 bits per heavy atom. The quantitative estimate of drug-likeness (QED) is 0.608. The van der Waals surface area contributed by atoms with E-state index in [-0.39, 0.29) is 0 Å². The van der Waals surface area contributed by atoms with Crippen molar-refractivity contribution in [1.29, 1.82) is 0 Å². The molecule has 1 atom stereocenters. The molecule has 80 valence electrons. The van der Waals surface area contributed by atoms with Gasteiger partial charge >= 0.3 is 0 Å². The van der Waals surface area contributed by atoms with Crippen molar-refractivity contribution in [2.24, 2.45) is 5.92 Å². The van der Waals surface area contributed by atoms with Gasteiger partial charge in [-0.25, -0.2) is 0 Å². The summed E-state index contributed by atoms with van der Waals surface area (Å²) in [6.07, 6.45) is 7.79. The number of unbranched alkanes of at least 4 members (excludes halogenated alkanes) is 1. The van der Waals surface area contributed by atoms with Gasteiger partial charge in [-0.15, -0.1) is 0 Å². The van der Waals surface area contributed by atoms with E-state index in [0.29, 0.717) is 5.92 Å². The number of nitrogens with one attached hydrogen (secondary N) is 1. The molecular formula is C13H23N. The molecule has 0 aliphatic rings. The van der Waals surface area contributed by atoms with Crippen molar-refractivity contribution in [3.63, 3.8) is 0 Å². The third kappa shape index (κ3) is 5.63. The van der Waals surface area contributed by atoms with Crippen LogP contribution in [-0.4, -0.2) is 7.05 Å². The van der Waals surface area contributed by atoms with Gasteiger partial charge < -0.3 is 5.32 Å². The minimum Gasteiger partial charge on any atom is -0.389 e. The maximum atomic E-state index is 4.06. The molecule has 0 saturated heterocycles. The second-order valence-electron chi connectivity index (χ2n) is 3.73. The second kappa shape index (κ2) is 7.43. The Kier molecular flexibility index (Phi) is 6.91. The van der Waals surface area contributed by atoms with Crippen molar-refractivity contribution in [1.82, 2.24) is 5.32 Å². The van der Waals surface area contributed by atoms with E-state index >= 15 is 0 Å². The van der Waals surface area contributed by atoms with Crippen LogP contribution in [0.2, 0.25) is 0 Å². The van der Waals surface area contributed by atoms with E-state index in [0.717, 1.165) is 5.70 Å². The molecule has 0 aromatic heterocycles. The molecule has 0 fully saturated rings. The summed E-state index contributed by atoms with van der Waals surface area (Å²) >= 11 is 0. The van der Waals surface area contributed by atoms with E-state index in [1.54, 1.807) is 0 Å². The fourth-order valence-electron chi connectivity index (χ4n) is 1.15. The van der Waals surface area contributed by atoms with E-state index in [1.807, 2.05) is 13.1 Å². The van der Waals surface area contributed by atoms with Gasteiger partial charge in [0.2, 0.25) is 0 Å². The van der Waals surface area contributed by atoms with Crippen molar-refractivity contribution in [2.45, 2.75) is 33.1 Å². The lowest BCUT2D eigenvalue weighted by Crippen LogP contribution is -2.01. The zero-order chi connectivity index (χ0) is 11.0. The molecular weight excluding hydrogens is 170 g/mol. The summed E-state index contributed by atoms with van der Waals surface area (Å²) in [7, 11) is 1.87. The summed E-state index contributed by atoms with van der Waals surface area (Å²) in [5, 5.41) is 2.98. The van der Waals surface area contributed by atoms with Crippen LogP contribution in [0.4, 0.5) is 0 Å². The summed E-state index contributed by atoms with van der Waals surface area (Å²) in [5.74, 6) is 0.579. The highest BCUT2D eigenvalue weighted by Gasteiger charge is 2.02. The minimum atomic E-state index is 0.579. The summed E-state index contributed by atoms with van der Waals surface area (Å²) < 4.78 is 0. The predicted molar refractivity (Wildman–Crippen MR) is 65.2 cm³/mol. The molecule has 0 bridgehead atoms. The molecule has 0 aliphatic carbocycles. The minimum absolute atomic E-state index is 0.579. The molecule has 0 rings (SSSR count). The van der Waals surface area contributed by atoms with Gasteiger partial charge in [0, 0.05) is 12.7 Å². The SMILES string of the molecule is C=C(/C=C\C(=C)C(C)CCCC)NC. The van der Waals surface area contributed by atoms with Crippen LogP contribution in [0.3, 0.4) is 0 Å². The van der Waals surface area contributed by atoms with Crippen LogP contribution in [0, 0.1) is 5.92 Å². The van der Waals surface area contributed by atoms with Crippen molar-refractivity contribution in [2.75, 3.05) is 7.05 Å². The molecule has 1 unspecified atom stereocenters. The van der Waals surface area contributed by atoms with Crippen LogP contribution in [0.1, 0.15) is 33.1 Å². The highest BCUT2D eigenvalue weighted by atomic mass is 14.8. The van der Waals surface area contributed by atoms with Gasteiger partial charge in [-0.05, 0) is 18.4 Å². The Hall–Kier alpha value is -0.980.